The van der Waals surface area contributed by atoms with Gasteiger partial charge in [0.1, 0.15) is 0 Å². The van der Waals surface area contributed by atoms with Gasteiger partial charge in [-0.1, -0.05) is 52.0 Å². The van der Waals surface area contributed by atoms with Gasteiger partial charge < -0.3 is 10.4 Å². The maximum absolute atomic E-state index is 9.68. The van der Waals surface area contributed by atoms with Crippen LogP contribution in [0.15, 0.2) is 24.3 Å². The zero-order valence-corrected chi connectivity index (χ0v) is 14.2. The number of hydrogen-bond donors (Lipinski definition) is 2. The van der Waals surface area contributed by atoms with E-state index in [0.717, 1.165) is 13.0 Å². The van der Waals surface area contributed by atoms with Crippen LogP contribution in [0.4, 0.5) is 0 Å². The van der Waals surface area contributed by atoms with Gasteiger partial charge in [-0.2, -0.15) is 11.8 Å². The number of nitrogens with one attached hydrogen (secondary N) is 1. The van der Waals surface area contributed by atoms with E-state index in [1.165, 1.54) is 11.1 Å². The molecule has 4 atom stereocenters. The molecular formula is C17H29NOS. The molecule has 20 heavy (non-hydrogen) atoms. The molecule has 0 heterocycles. The molecule has 0 bridgehead atoms. The lowest BCUT2D eigenvalue weighted by Gasteiger charge is -2.28. The van der Waals surface area contributed by atoms with Gasteiger partial charge in [0, 0.05) is 16.5 Å². The topological polar surface area (TPSA) is 32.3 Å². The highest BCUT2D eigenvalue weighted by atomic mass is 32.2. The molecule has 1 aromatic rings. The van der Waals surface area contributed by atoms with E-state index in [1.807, 2.05) is 18.7 Å². The quantitative estimate of drug-likeness (QED) is 0.765. The highest BCUT2D eigenvalue weighted by Gasteiger charge is 2.22. The molecule has 114 valence electrons. The monoisotopic (exact) mass is 295 g/mol. The SMILES string of the molecule is CCNC(c1ccc(CC)cc1)C(C)SC(C)C(C)O. The number of rotatable bonds is 8. The number of aliphatic hydroxyl groups is 1. The molecule has 0 radical (unpaired) electrons. The lowest BCUT2D eigenvalue weighted by molar-refractivity contribution is 0.196. The van der Waals surface area contributed by atoms with Crippen molar-refractivity contribution in [3.05, 3.63) is 35.4 Å². The second-order valence-electron chi connectivity index (χ2n) is 5.42. The zero-order chi connectivity index (χ0) is 15.1. The summed E-state index contributed by atoms with van der Waals surface area (Å²) < 4.78 is 0. The van der Waals surface area contributed by atoms with E-state index in [4.69, 9.17) is 0 Å². The molecule has 0 saturated carbocycles. The van der Waals surface area contributed by atoms with Gasteiger partial charge in [0.05, 0.1) is 6.10 Å². The summed E-state index contributed by atoms with van der Waals surface area (Å²) in [6.07, 6.45) is 0.808. The largest absolute Gasteiger partial charge is 0.392 e. The van der Waals surface area contributed by atoms with Crippen molar-refractivity contribution in [1.82, 2.24) is 5.32 Å². The Kier molecular flexibility index (Phi) is 7.63. The average molecular weight is 295 g/mol. The van der Waals surface area contributed by atoms with Crippen molar-refractivity contribution >= 4 is 11.8 Å². The number of aryl methyl sites for hydroxylation is 1. The average Bonchev–Trinajstić information content (AvgIpc) is 2.44. The van der Waals surface area contributed by atoms with Crippen molar-refractivity contribution < 1.29 is 5.11 Å². The summed E-state index contributed by atoms with van der Waals surface area (Å²) in [6, 6.07) is 9.23. The number of hydrogen-bond acceptors (Lipinski definition) is 3. The molecule has 0 aliphatic carbocycles. The molecular weight excluding hydrogens is 266 g/mol. The normalized spacial score (nSPS) is 17.5. The van der Waals surface area contributed by atoms with Crippen molar-refractivity contribution in [3.8, 4) is 0 Å². The summed E-state index contributed by atoms with van der Waals surface area (Å²) in [5, 5.41) is 13.9. The molecule has 1 rings (SSSR count). The van der Waals surface area contributed by atoms with Gasteiger partial charge in [-0.05, 0) is 31.0 Å². The summed E-state index contributed by atoms with van der Waals surface area (Å²) in [5.74, 6) is 0. The summed E-state index contributed by atoms with van der Waals surface area (Å²) in [5.41, 5.74) is 2.71. The predicted molar refractivity (Wildman–Crippen MR) is 90.4 cm³/mol. The van der Waals surface area contributed by atoms with Gasteiger partial charge in [0.2, 0.25) is 0 Å². The molecule has 0 fully saturated rings. The molecule has 0 spiro atoms. The molecule has 2 N–H and O–H groups in total. The van der Waals surface area contributed by atoms with Gasteiger partial charge in [-0.3, -0.25) is 0 Å². The lowest BCUT2D eigenvalue weighted by atomic mass is 10.0. The van der Waals surface area contributed by atoms with E-state index in [1.54, 1.807) is 0 Å². The number of thioether (sulfide) groups is 1. The van der Waals surface area contributed by atoms with Crippen molar-refractivity contribution in [2.75, 3.05) is 6.54 Å². The van der Waals surface area contributed by atoms with Crippen molar-refractivity contribution in [3.63, 3.8) is 0 Å². The Morgan fingerprint density at radius 3 is 2.10 bits per heavy atom. The van der Waals surface area contributed by atoms with Gasteiger partial charge >= 0.3 is 0 Å². The van der Waals surface area contributed by atoms with E-state index in [9.17, 15) is 5.11 Å². The molecule has 0 aliphatic rings. The van der Waals surface area contributed by atoms with Gasteiger partial charge in [0.15, 0.2) is 0 Å². The smallest absolute Gasteiger partial charge is 0.0628 e. The first-order valence-corrected chi connectivity index (χ1v) is 8.59. The van der Waals surface area contributed by atoms with Gasteiger partial charge in [-0.15, -0.1) is 0 Å². The van der Waals surface area contributed by atoms with Crippen LogP contribution in [0.1, 0.15) is 51.8 Å². The second-order valence-corrected chi connectivity index (χ2v) is 7.18. The third kappa shape index (κ3) is 5.12. The Hall–Kier alpha value is -0.510. The molecule has 0 amide bonds. The third-order valence-corrected chi connectivity index (χ3v) is 5.27. The van der Waals surface area contributed by atoms with Crippen LogP contribution in [0.3, 0.4) is 0 Å². The minimum Gasteiger partial charge on any atom is -0.392 e. The minimum absolute atomic E-state index is 0.251. The molecule has 0 saturated heterocycles. The standard InChI is InChI=1S/C17H29NOS/c1-6-15-8-10-16(11-9-15)17(18-7-2)14(5)20-13(4)12(3)19/h8-14,17-19H,6-7H2,1-5H3. The van der Waals surface area contributed by atoms with Crippen LogP contribution in [0.25, 0.3) is 0 Å². The Morgan fingerprint density at radius 1 is 1.05 bits per heavy atom. The first kappa shape index (κ1) is 17.5. The van der Waals surface area contributed by atoms with Crippen LogP contribution in [-0.4, -0.2) is 28.3 Å². The molecule has 0 aromatic heterocycles. The molecule has 3 heteroatoms. The summed E-state index contributed by atoms with van der Waals surface area (Å²) in [6.45, 7) is 11.5. The minimum atomic E-state index is -0.271. The zero-order valence-electron chi connectivity index (χ0n) is 13.4. The van der Waals surface area contributed by atoms with Gasteiger partial charge in [-0.25, -0.2) is 0 Å². The van der Waals surface area contributed by atoms with Crippen LogP contribution in [0.5, 0.6) is 0 Å². The third-order valence-electron chi connectivity index (χ3n) is 3.75. The van der Waals surface area contributed by atoms with Crippen LogP contribution in [-0.2, 0) is 6.42 Å². The molecule has 1 aromatic carbocycles. The Morgan fingerprint density at radius 2 is 1.65 bits per heavy atom. The van der Waals surface area contributed by atoms with Crippen LogP contribution in [0, 0.1) is 0 Å². The highest BCUT2D eigenvalue weighted by molar-refractivity contribution is 8.00. The Bertz CT molecular complexity index is 377. The Labute approximate surface area is 128 Å². The first-order valence-electron chi connectivity index (χ1n) is 7.65. The van der Waals surface area contributed by atoms with Gasteiger partial charge in [0.25, 0.3) is 0 Å². The summed E-state index contributed by atoms with van der Waals surface area (Å²) in [4.78, 5) is 0. The van der Waals surface area contributed by atoms with E-state index in [0.29, 0.717) is 11.3 Å². The maximum Gasteiger partial charge on any atom is 0.0628 e. The molecule has 4 unspecified atom stereocenters. The predicted octanol–water partition coefficient (Wildman–Crippen LogP) is 3.79. The fourth-order valence-electron chi connectivity index (χ4n) is 2.27. The number of benzene rings is 1. The van der Waals surface area contributed by atoms with E-state index < -0.39 is 0 Å². The highest BCUT2D eigenvalue weighted by Crippen LogP contribution is 2.30. The van der Waals surface area contributed by atoms with Crippen molar-refractivity contribution in [1.29, 1.82) is 0 Å². The second kappa shape index (κ2) is 8.71. The summed E-state index contributed by atoms with van der Waals surface area (Å²) in [7, 11) is 0. The number of aliphatic hydroxyl groups excluding tert-OH is 1. The van der Waals surface area contributed by atoms with Crippen molar-refractivity contribution in [2.24, 2.45) is 0 Å². The van der Waals surface area contributed by atoms with Crippen LogP contribution < -0.4 is 5.32 Å². The molecule has 0 aliphatic heterocycles. The van der Waals surface area contributed by atoms with Crippen molar-refractivity contribution in [2.45, 2.75) is 63.7 Å². The Balaban J connectivity index is 2.80. The lowest BCUT2D eigenvalue weighted by Crippen LogP contribution is -2.31. The van der Waals surface area contributed by atoms with Crippen LogP contribution in [0.2, 0.25) is 0 Å². The van der Waals surface area contributed by atoms with E-state index in [-0.39, 0.29) is 11.4 Å². The van der Waals surface area contributed by atoms with E-state index in [2.05, 4.69) is 57.3 Å². The fourth-order valence-corrected chi connectivity index (χ4v) is 3.58. The summed E-state index contributed by atoms with van der Waals surface area (Å²) >= 11 is 1.85. The molecule has 2 nitrogen and oxygen atoms in total. The van der Waals surface area contributed by atoms with Crippen LogP contribution >= 0.6 is 11.8 Å². The maximum atomic E-state index is 9.68. The fraction of sp³-hybridized carbons (Fsp3) is 0.647. The first-order chi connectivity index (χ1) is 9.49. The van der Waals surface area contributed by atoms with E-state index >= 15 is 0 Å².